The van der Waals surface area contributed by atoms with Crippen LogP contribution < -0.4 is 5.73 Å². The van der Waals surface area contributed by atoms with E-state index < -0.39 is 11.9 Å². The van der Waals surface area contributed by atoms with Gasteiger partial charge in [0.25, 0.3) is 0 Å². The number of hydrogen-bond acceptors (Lipinski definition) is 2. The van der Waals surface area contributed by atoms with Gasteiger partial charge in [-0.3, -0.25) is 4.68 Å². The summed E-state index contributed by atoms with van der Waals surface area (Å²) in [5.41, 5.74) is 6.56. The van der Waals surface area contributed by atoms with Gasteiger partial charge >= 0.3 is 6.18 Å². The van der Waals surface area contributed by atoms with Crippen LogP contribution in [0, 0.1) is 0 Å². The molecule has 19 heavy (non-hydrogen) atoms. The molecule has 102 valence electrons. The lowest BCUT2D eigenvalue weighted by Gasteiger charge is -2.04. The number of rotatable bonds is 4. The Morgan fingerprint density at radius 2 is 2.00 bits per heavy atom. The number of aryl methyl sites for hydroxylation is 2. The van der Waals surface area contributed by atoms with Crippen LogP contribution in [0.4, 0.5) is 18.9 Å². The first-order chi connectivity index (χ1) is 8.95. The quantitative estimate of drug-likeness (QED) is 0.867. The summed E-state index contributed by atoms with van der Waals surface area (Å²) in [6, 6.07) is 8.46. The number of halogens is 3. The van der Waals surface area contributed by atoms with Crippen LogP contribution in [0.3, 0.4) is 0 Å². The van der Waals surface area contributed by atoms with E-state index in [4.69, 9.17) is 5.73 Å². The minimum Gasteiger partial charge on any atom is -0.399 e. The lowest BCUT2D eigenvalue weighted by molar-refractivity contribution is -0.141. The van der Waals surface area contributed by atoms with Crippen LogP contribution in [0.2, 0.25) is 0 Å². The molecule has 1 aromatic heterocycles. The summed E-state index contributed by atoms with van der Waals surface area (Å²) in [5.74, 6) is 0. The van der Waals surface area contributed by atoms with E-state index >= 15 is 0 Å². The number of hydrogen-bond donors (Lipinski definition) is 1. The zero-order valence-electron chi connectivity index (χ0n) is 10.2. The number of anilines is 1. The van der Waals surface area contributed by atoms with Gasteiger partial charge < -0.3 is 5.73 Å². The molecule has 2 aromatic rings. The topological polar surface area (TPSA) is 43.8 Å². The average molecular weight is 269 g/mol. The first kappa shape index (κ1) is 13.5. The molecule has 0 saturated carbocycles. The first-order valence-corrected chi connectivity index (χ1v) is 5.90. The first-order valence-electron chi connectivity index (χ1n) is 5.90. The number of alkyl halides is 3. The van der Waals surface area contributed by atoms with Gasteiger partial charge in [0.05, 0.1) is 0 Å². The Bertz CT molecular complexity index is 546. The van der Waals surface area contributed by atoms with E-state index in [1.807, 2.05) is 18.2 Å². The Kier molecular flexibility index (Phi) is 3.78. The third kappa shape index (κ3) is 3.74. The molecule has 0 saturated heterocycles. The van der Waals surface area contributed by atoms with Crippen LogP contribution in [0.5, 0.6) is 0 Å². The molecule has 0 unspecified atom stereocenters. The van der Waals surface area contributed by atoms with Gasteiger partial charge in [0.2, 0.25) is 0 Å². The maximum atomic E-state index is 12.3. The second-order valence-corrected chi connectivity index (χ2v) is 4.31. The van der Waals surface area contributed by atoms with Gasteiger partial charge in [-0.05, 0) is 36.6 Å². The number of aromatic nitrogens is 2. The summed E-state index contributed by atoms with van der Waals surface area (Å²) < 4.78 is 38.3. The zero-order valence-corrected chi connectivity index (χ0v) is 10.2. The lowest BCUT2D eigenvalue weighted by atomic mass is 10.1. The monoisotopic (exact) mass is 269 g/mol. The van der Waals surface area contributed by atoms with Crippen molar-refractivity contribution in [2.45, 2.75) is 25.6 Å². The number of nitrogens with zero attached hydrogens (tertiary/aromatic N) is 2. The van der Waals surface area contributed by atoms with Gasteiger partial charge in [-0.25, -0.2) is 0 Å². The van der Waals surface area contributed by atoms with Crippen LogP contribution in [-0.4, -0.2) is 9.78 Å². The predicted molar refractivity (Wildman–Crippen MR) is 66.4 cm³/mol. The second kappa shape index (κ2) is 5.34. The summed E-state index contributed by atoms with van der Waals surface area (Å²) in [6.07, 6.45) is -1.56. The van der Waals surface area contributed by atoms with Crippen LogP contribution in [0.1, 0.15) is 17.7 Å². The molecule has 1 aromatic carbocycles. The Morgan fingerprint density at radius 3 is 2.63 bits per heavy atom. The second-order valence-electron chi connectivity index (χ2n) is 4.31. The molecule has 0 spiro atoms. The highest BCUT2D eigenvalue weighted by molar-refractivity contribution is 5.40. The predicted octanol–water partition coefficient (Wildman–Crippen LogP) is 3.12. The van der Waals surface area contributed by atoms with E-state index in [-0.39, 0.29) is 0 Å². The fraction of sp³-hybridized carbons (Fsp3) is 0.308. The lowest BCUT2D eigenvalue weighted by Crippen LogP contribution is -2.08. The van der Waals surface area contributed by atoms with Crippen molar-refractivity contribution in [3.05, 3.63) is 47.8 Å². The molecular weight excluding hydrogens is 255 g/mol. The normalized spacial score (nSPS) is 11.7. The SMILES string of the molecule is Nc1cccc(CCCn2ccc(C(F)(F)F)n2)c1. The van der Waals surface area contributed by atoms with Crippen LogP contribution >= 0.6 is 0 Å². The third-order valence-corrected chi connectivity index (χ3v) is 2.73. The van der Waals surface area contributed by atoms with Gasteiger partial charge in [0.1, 0.15) is 0 Å². The van der Waals surface area contributed by atoms with Crippen molar-refractivity contribution >= 4 is 5.69 Å². The summed E-state index contributed by atoms with van der Waals surface area (Å²) in [5, 5.41) is 3.50. The Morgan fingerprint density at radius 1 is 1.21 bits per heavy atom. The highest BCUT2D eigenvalue weighted by atomic mass is 19.4. The molecule has 0 radical (unpaired) electrons. The van der Waals surface area contributed by atoms with Crippen molar-refractivity contribution in [2.75, 3.05) is 5.73 Å². The van der Waals surface area contributed by atoms with Crippen molar-refractivity contribution in [3.63, 3.8) is 0 Å². The summed E-state index contributed by atoms with van der Waals surface area (Å²) in [4.78, 5) is 0. The molecular formula is C13H14F3N3. The number of benzene rings is 1. The fourth-order valence-corrected chi connectivity index (χ4v) is 1.83. The standard InChI is InChI=1S/C13H14F3N3/c14-13(15,16)12-6-8-19(18-12)7-2-4-10-3-1-5-11(17)9-10/h1,3,5-6,8-9H,2,4,7,17H2. The average Bonchev–Trinajstić information content (AvgIpc) is 2.77. The molecule has 2 N–H and O–H groups in total. The van der Waals surface area contributed by atoms with E-state index in [0.717, 1.165) is 18.1 Å². The molecule has 2 rings (SSSR count). The Balaban J connectivity index is 1.88. The minimum atomic E-state index is -4.38. The van der Waals surface area contributed by atoms with E-state index in [0.29, 0.717) is 18.7 Å². The maximum absolute atomic E-state index is 12.3. The van der Waals surface area contributed by atoms with E-state index in [1.54, 1.807) is 6.07 Å². The molecule has 3 nitrogen and oxygen atoms in total. The third-order valence-electron chi connectivity index (χ3n) is 2.73. The van der Waals surface area contributed by atoms with Crippen molar-refractivity contribution in [2.24, 2.45) is 0 Å². The molecule has 0 aliphatic rings. The molecule has 0 aliphatic carbocycles. The zero-order chi connectivity index (χ0) is 13.9. The Hall–Kier alpha value is -1.98. The van der Waals surface area contributed by atoms with Crippen molar-refractivity contribution in [1.29, 1.82) is 0 Å². The maximum Gasteiger partial charge on any atom is 0.435 e. The Labute approximate surface area is 108 Å². The minimum absolute atomic E-state index is 0.449. The van der Waals surface area contributed by atoms with Gasteiger partial charge in [-0.15, -0.1) is 0 Å². The fourth-order valence-electron chi connectivity index (χ4n) is 1.83. The number of nitrogen functional groups attached to an aromatic ring is 1. The highest BCUT2D eigenvalue weighted by Crippen LogP contribution is 2.27. The highest BCUT2D eigenvalue weighted by Gasteiger charge is 2.33. The molecule has 0 amide bonds. The molecule has 0 fully saturated rings. The van der Waals surface area contributed by atoms with Crippen LogP contribution in [0.15, 0.2) is 36.5 Å². The molecule has 0 aliphatic heterocycles. The molecule has 0 bridgehead atoms. The summed E-state index contributed by atoms with van der Waals surface area (Å²) >= 11 is 0. The van der Waals surface area contributed by atoms with Crippen LogP contribution in [0.25, 0.3) is 0 Å². The molecule has 1 heterocycles. The van der Waals surface area contributed by atoms with Gasteiger partial charge in [-0.1, -0.05) is 12.1 Å². The summed E-state index contributed by atoms with van der Waals surface area (Å²) in [6.45, 7) is 0.449. The van der Waals surface area contributed by atoms with E-state index in [1.165, 1.54) is 10.9 Å². The molecule has 6 heteroatoms. The van der Waals surface area contributed by atoms with Crippen molar-refractivity contribution in [3.8, 4) is 0 Å². The largest absolute Gasteiger partial charge is 0.435 e. The van der Waals surface area contributed by atoms with Gasteiger partial charge in [-0.2, -0.15) is 18.3 Å². The molecule has 0 atom stereocenters. The van der Waals surface area contributed by atoms with E-state index in [2.05, 4.69) is 5.10 Å². The van der Waals surface area contributed by atoms with Gasteiger partial charge in [0, 0.05) is 18.4 Å². The van der Waals surface area contributed by atoms with E-state index in [9.17, 15) is 13.2 Å². The van der Waals surface area contributed by atoms with Crippen LogP contribution in [-0.2, 0) is 19.1 Å². The summed E-state index contributed by atoms with van der Waals surface area (Å²) in [7, 11) is 0. The number of nitrogens with two attached hydrogens (primary N) is 1. The van der Waals surface area contributed by atoms with Crippen molar-refractivity contribution < 1.29 is 13.2 Å². The van der Waals surface area contributed by atoms with Gasteiger partial charge in [0.15, 0.2) is 5.69 Å². The van der Waals surface area contributed by atoms with Crippen molar-refractivity contribution in [1.82, 2.24) is 9.78 Å². The smallest absolute Gasteiger partial charge is 0.399 e.